The van der Waals surface area contributed by atoms with Crippen molar-refractivity contribution >= 4 is 7.82 Å². The van der Waals surface area contributed by atoms with Gasteiger partial charge < -0.3 is 44.2 Å². The van der Waals surface area contributed by atoms with Crippen molar-refractivity contribution in [3.05, 3.63) is 88.0 Å². The second kappa shape index (κ2) is 36.1. The molecule has 0 heterocycles. The fourth-order valence-electron chi connectivity index (χ4n) is 8.36. The quantitative estimate of drug-likeness (QED) is 0.0238. The molecule has 0 radical (unpaired) electrons. The summed E-state index contributed by atoms with van der Waals surface area (Å²) >= 11 is 0. The molecular formula is C54H87O10P. The van der Waals surface area contributed by atoms with Crippen molar-refractivity contribution in [1.29, 1.82) is 0 Å². The second-order valence-corrected chi connectivity index (χ2v) is 19.3. The van der Waals surface area contributed by atoms with Gasteiger partial charge in [-0.05, 0) is 167 Å². The molecule has 3 aromatic carbocycles. The Morgan fingerprint density at radius 1 is 0.292 bits per heavy atom. The average molecular weight is 927 g/mol. The number of benzene rings is 3. The largest absolute Gasteiger partial charge is 0.647 e. The first kappa shape index (κ1) is 56.4. The van der Waals surface area contributed by atoms with Gasteiger partial charge >= 0.3 is 7.82 Å². The van der Waals surface area contributed by atoms with E-state index in [2.05, 4.69) is 18.2 Å². The smallest absolute Gasteiger partial charge is 0.396 e. The maximum atomic E-state index is 15.7. The Bertz CT molecular complexity index is 1510. The third-order valence-corrected chi connectivity index (χ3v) is 13.4. The highest BCUT2D eigenvalue weighted by Gasteiger charge is 2.36. The maximum Gasteiger partial charge on any atom is 0.647 e. The molecule has 11 heteroatoms. The first-order valence-corrected chi connectivity index (χ1v) is 27.0. The number of aryl methyl sites for hydroxylation is 6. The summed E-state index contributed by atoms with van der Waals surface area (Å²) in [5.41, 5.74) is 6.35. The summed E-state index contributed by atoms with van der Waals surface area (Å²) in [5, 5.41) is 56.0. The van der Waals surface area contributed by atoms with Crippen LogP contribution in [0.5, 0.6) is 17.2 Å². The minimum Gasteiger partial charge on any atom is -0.396 e. The maximum absolute atomic E-state index is 15.7. The van der Waals surface area contributed by atoms with Gasteiger partial charge in [0.1, 0.15) is 17.2 Å². The van der Waals surface area contributed by atoms with Gasteiger partial charge in [-0.3, -0.25) is 0 Å². The van der Waals surface area contributed by atoms with Gasteiger partial charge in [0.15, 0.2) is 0 Å². The van der Waals surface area contributed by atoms with Gasteiger partial charge in [0.05, 0.1) is 0 Å². The van der Waals surface area contributed by atoms with Gasteiger partial charge in [-0.25, -0.2) is 0 Å². The van der Waals surface area contributed by atoms with E-state index in [1.165, 1.54) is 16.7 Å². The van der Waals surface area contributed by atoms with Gasteiger partial charge in [0, 0.05) is 39.6 Å². The Balaban J connectivity index is 2.08. The molecule has 0 unspecified atom stereocenters. The monoisotopic (exact) mass is 927 g/mol. The predicted molar refractivity (Wildman–Crippen MR) is 264 cm³/mol. The van der Waals surface area contributed by atoms with Crippen LogP contribution < -0.4 is 13.6 Å². The van der Waals surface area contributed by atoms with Crippen LogP contribution in [0.25, 0.3) is 0 Å². The van der Waals surface area contributed by atoms with Gasteiger partial charge in [0.25, 0.3) is 0 Å². The van der Waals surface area contributed by atoms with Crippen LogP contribution in [0.4, 0.5) is 0 Å². The van der Waals surface area contributed by atoms with Crippen LogP contribution in [0, 0.1) is 0 Å². The molecule has 0 bridgehead atoms. The summed E-state index contributed by atoms with van der Waals surface area (Å²) in [6.45, 7) is 1.14. The van der Waals surface area contributed by atoms with Crippen LogP contribution in [0.15, 0.2) is 54.6 Å². The fourth-order valence-corrected chi connectivity index (χ4v) is 9.73. The highest BCUT2D eigenvalue weighted by atomic mass is 31.2. The van der Waals surface area contributed by atoms with Crippen molar-refractivity contribution in [3.63, 3.8) is 0 Å². The molecule has 368 valence electrons. The summed E-state index contributed by atoms with van der Waals surface area (Å²) in [6.07, 6.45) is 26.8. The molecule has 0 amide bonds. The summed E-state index contributed by atoms with van der Waals surface area (Å²) < 4.78 is 35.7. The Hall–Kier alpha value is -2.95. The lowest BCUT2D eigenvalue weighted by atomic mass is 9.99. The van der Waals surface area contributed by atoms with Crippen molar-refractivity contribution in [2.24, 2.45) is 0 Å². The predicted octanol–water partition coefficient (Wildman–Crippen LogP) is 11.9. The number of aliphatic hydroxyl groups is 6. The van der Waals surface area contributed by atoms with E-state index in [4.69, 9.17) is 13.6 Å². The van der Waals surface area contributed by atoms with E-state index in [1.807, 2.05) is 36.4 Å². The van der Waals surface area contributed by atoms with Crippen molar-refractivity contribution in [3.8, 4) is 17.2 Å². The minimum atomic E-state index is -4.43. The van der Waals surface area contributed by atoms with Crippen LogP contribution in [-0.2, 0) is 43.1 Å². The molecule has 65 heavy (non-hydrogen) atoms. The normalized spacial score (nSPS) is 11.7. The van der Waals surface area contributed by atoms with Gasteiger partial charge in [-0.1, -0.05) is 113 Å². The van der Waals surface area contributed by atoms with E-state index in [1.54, 1.807) is 0 Å². The first-order chi connectivity index (χ1) is 31.9. The lowest BCUT2D eigenvalue weighted by Gasteiger charge is -2.24. The number of unbranched alkanes of at least 4 members (excludes halogenated alkanes) is 18. The van der Waals surface area contributed by atoms with E-state index in [0.29, 0.717) is 36.5 Å². The van der Waals surface area contributed by atoms with Crippen molar-refractivity contribution in [2.75, 3.05) is 39.6 Å². The highest BCUT2D eigenvalue weighted by molar-refractivity contribution is 7.49. The molecule has 0 saturated carbocycles. The molecule has 3 aromatic rings. The zero-order valence-corrected chi connectivity index (χ0v) is 40.8. The van der Waals surface area contributed by atoms with Crippen LogP contribution in [-0.4, -0.2) is 70.3 Å². The van der Waals surface area contributed by atoms with Crippen LogP contribution in [0.1, 0.15) is 187 Å². The molecule has 0 fully saturated rings. The highest BCUT2D eigenvalue weighted by Crippen LogP contribution is 2.52. The number of rotatable bonds is 42. The zero-order chi connectivity index (χ0) is 46.6. The van der Waals surface area contributed by atoms with Crippen molar-refractivity contribution < 1.29 is 48.8 Å². The fraction of sp³-hybridized carbons (Fsp3) is 0.667. The van der Waals surface area contributed by atoms with E-state index in [0.717, 1.165) is 190 Å². The van der Waals surface area contributed by atoms with E-state index in [-0.39, 0.29) is 39.6 Å². The lowest BCUT2D eigenvalue weighted by Crippen LogP contribution is -2.11. The number of hydrogen-bond acceptors (Lipinski definition) is 10. The SMILES string of the molecule is O=P(Oc1ccc(CCCCCCO)cc1CCCCCCO)(Oc1ccc(CCCCCCO)cc1CCCCCCO)Oc1ccc(CCCCCCO)cc1CCCCCCO. The summed E-state index contributed by atoms with van der Waals surface area (Å²) in [7, 11) is -4.43. The Morgan fingerprint density at radius 2 is 0.508 bits per heavy atom. The van der Waals surface area contributed by atoms with Crippen molar-refractivity contribution in [2.45, 2.75) is 193 Å². The number of phosphoric ester groups is 1. The minimum absolute atomic E-state index is 0.171. The Kier molecular flexibility index (Phi) is 31.3. The number of phosphoric acid groups is 1. The molecule has 10 nitrogen and oxygen atoms in total. The molecular weight excluding hydrogens is 840 g/mol. The van der Waals surface area contributed by atoms with Gasteiger partial charge in [-0.2, -0.15) is 4.57 Å². The third kappa shape index (κ3) is 24.6. The molecule has 0 spiro atoms. The zero-order valence-electron chi connectivity index (χ0n) is 39.9. The summed E-state index contributed by atoms with van der Waals surface area (Å²) in [6, 6.07) is 18.4. The van der Waals surface area contributed by atoms with E-state index < -0.39 is 7.82 Å². The Morgan fingerprint density at radius 3 is 0.738 bits per heavy atom. The standard InChI is InChI=1S/C54H87O10P/c55-37-19-7-1-13-25-46-31-34-52(49(43-46)28-16-4-10-22-40-58)62-65(61,63-53-35-32-47(26-14-2-8-20-38-56)44-50(53)29-17-5-11-23-41-59)64-54-36-33-48(27-15-3-9-21-39-57)45-51(54)30-18-6-12-24-42-60/h31-36,43-45,55-60H,1-30,37-42H2. The molecule has 0 aliphatic rings. The number of hydrogen-bond donors (Lipinski definition) is 6. The molecule has 0 aliphatic heterocycles. The van der Waals surface area contributed by atoms with Crippen LogP contribution >= 0.6 is 7.82 Å². The molecule has 0 aliphatic carbocycles. The van der Waals surface area contributed by atoms with E-state index in [9.17, 15) is 30.6 Å². The topological polar surface area (TPSA) is 166 Å². The van der Waals surface area contributed by atoms with E-state index >= 15 is 4.57 Å². The first-order valence-electron chi connectivity index (χ1n) is 25.6. The van der Waals surface area contributed by atoms with Gasteiger partial charge in [0.2, 0.25) is 0 Å². The molecule has 0 saturated heterocycles. The Labute approximate surface area is 392 Å². The molecule has 0 aromatic heterocycles. The van der Waals surface area contributed by atoms with Gasteiger partial charge in [-0.15, -0.1) is 0 Å². The van der Waals surface area contributed by atoms with Crippen LogP contribution in [0.3, 0.4) is 0 Å². The van der Waals surface area contributed by atoms with Crippen LogP contribution in [0.2, 0.25) is 0 Å². The summed E-state index contributed by atoms with van der Waals surface area (Å²) in [4.78, 5) is 0. The lowest BCUT2D eigenvalue weighted by molar-refractivity contribution is 0.282. The third-order valence-electron chi connectivity index (χ3n) is 12.2. The van der Waals surface area contributed by atoms with Crippen molar-refractivity contribution in [1.82, 2.24) is 0 Å². The molecule has 6 N–H and O–H groups in total. The second-order valence-electron chi connectivity index (χ2n) is 17.9. The average Bonchev–Trinajstić information content (AvgIpc) is 3.30. The summed E-state index contributed by atoms with van der Waals surface area (Å²) in [5.74, 6) is 1.40. The number of aliphatic hydroxyl groups excluding tert-OH is 6. The molecule has 3 rings (SSSR count). The molecule has 0 atom stereocenters.